The lowest BCUT2D eigenvalue weighted by molar-refractivity contribution is -0.117. The number of anilines is 1. The molecule has 0 saturated heterocycles. The maximum Gasteiger partial charge on any atom is 0.341 e. The molecule has 2 rings (SSSR count). The molecule has 1 N–H and O–H groups in total. The second-order valence-corrected chi connectivity index (χ2v) is 6.77. The molecule has 0 fully saturated rings. The molecule has 0 aliphatic carbocycles. The zero-order valence-corrected chi connectivity index (χ0v) is 15.3. The van der Waals surface area contributed by atoms with Gasteiger partial charge in [-0.05, 0) is 30.9 Å². The van der Waals surface area contributed by atoms with Gasteiger partial charge in [0, 0.05) is 4.88 Å². The number of amides is 1. The first-order chi connectivity index (χ1) is 11.5. The molecule has 1 heterocycles. The van der Waals surface area contributed by atoms with Crippen molar-refractivity contribution >= 4 is 28.2 Å². The van der Waals surface area contributed by atoms with Crippen LogP contribution in [0.2, 0.25) is 0 Å². The summed E-state index contributed by atoms with van der Waals surface area (Å²) in [6.07, 6.45) is 1.41. The SMILES string of the molecule is CCc1c(C)sc(NC(=O)[C@H](CC)c2ccccc2)c1C(=O)OC. The van der Waals surface area contributed by atoms with E-state index in [-0.39, 0.29) is 11.8 Å². The van der Waals surface area contributed by atoms with E-state index in [4.69, 9.17) is 4.74 Å². The first kappa shape index (κ1) is 18.2. The van der Waals surface area contributed by atoms with Crippen LogP contribution < -0.4 is 5.32 Å². The van der Waals surface area contributed by atoms with Crippen molar-refractivity contribution in [3.05, 3.63) is 51.9 Å². The maximum absolute atomic E-state index is 12.8. The van der Waals surface area contributed by atoms with Gasteiger partial charge in [0.05, 0.1) is 18.6 Å². The van der Waals surface area contributed by atoms with Crippen molar-refractivity contribution in [1.29, 1.82) is 0 Å². The third kappa shape index (κ3) is 3.67. The molecule has 0 spiro atoms. The molecule has 0 saturated carbocycles. The number of esters is 1. The fraction of sp³-hybridized carbons (Fsp3) is 0.368. The van der Waals surface area contributed by atoms with Crippen molar-refractivity contribution in [2.75, 3.05) is 12.4 Å². The number of carbonyl (C=O) groups excluding carboxylic acids is 2. The molecule has 2 aromatic rings. The van der Waals surface area contributed by atoms with E-state index in [0.29, 0.717) is 17.0 Å². The van der Waals surface area contributed by atoms with Gasteiger partial charge in [-0.3, -0.25) is 4.79 Å². The maximum atomic E-state index is 12.8. The largest absolute Gasteiger partial charge is 0.465 e. The van der Waals surface area contributed by atoms with Gasteiger partial charge in [0.2, 0.25) is 5.91 Å². The molecule has 0 radical (unpaired) electrons. The van der Waals surface area contributed by atoms with Gasteiger partial charge in [0.1, 0.15) is 5.00 Å². The molecule has 1 atom stereocenters. The summed E-state index contributed by atoms with van der Waals surface area (Å²) in [4.78, 5) is 25.9. The highest BCUT2D eigenvalue weighted by Gasteiger charge is 2.25. The van der Waals surface area contributed by atoms with Gasteiger partial charge >= 0.3 is 5.97 Å². The molecule has 0 aliphatic rings. The number of hydrogen-bond donors (Lipinski definition) is 1. The second-order valence-electron chi connectivity index (χ2n) is 5.55. The molecule has 1 aromatic heterocycles. The predicted octanol–water partition coefficient (Wildman–Crippen LogP) is 4.54. The lowest BCUT2D eigenvalue weighted by atomic mass is 9.95. The van der Waals surface area contributed by atoms with Crippen LogP contribution in [0.4, 0.5) is 5.00 Å². The first-order valence-electron chi connectivity index (χ1n) is 8.09. The number of benzene rings is 1. The molecule has 128 valence electrons. The van der Waals surface area contributed by atoms with Gasteiger partial charge in [-0.2, -0.15) is 0 Å². The third-order valence-corrected chi connectivity index (χ3v) is 5.18. The highest BCUT2D eigenvalue weighted by atomic mass is 32.1. The minimum Gasteiger partial charge on any atom is -0.465 e. The van der Waals surface area contributed by atoms with Crippen molar-refractivity contribution in [3.8, 4) is 0 Å². The topological polar surface area (TPSA) is 55.4 Å². The standard InChI is InChI=1S/C19H23NO3S/c1-5-14-12(3)24-18(16(14)19(22)23-4)20-17(21)15(6-2)13-10-8-7-9-11-13/h7-11,15H,5-6H2,1-4H3,(H,20,21)/t15-/m1/s1. The van der Waals surface area contributed by atoms with E-state index in [1.54, 1.807) is 0 Å². The zero-order valence-electron chi connectivity index (χ0n) is 14.5. The minimum atomic E-state index is -0.403. The Balaban J connectivity index is 2.33. The third-order valence-electron chi connectivity index (χ3n) is 4.12. The summed E-state index contributed by atoms with van der Waals surface area (Å²) in [6, 6.07) is 9.68. The number of nitrogens with one attached hydrogen (secondary N) is 1. The summed E-state index contributed by atoms with van der Waals surface area (Å²) in [5, 5.41) is 3.53. The summed E-state index contributed by atoms with van der Waals surface area (Å²) < 4.78 is 4.90. The van der Waals surface area contributed by atoms with Crippen LogP contribution >= 0.6 is 11.3 Å². The summed E-state index contributed by atoms with van der Waals surface area (Å²) in [5.74, 6) is -0.749. The van der Waals surface area contributed by atoms with Crippen molar-refractivity contribution in [2.45, 2.75) is 39.5 Å². The van der Waals surface area contributed by atoms with Crippen LogP contribution in [0.1, 0.15) is 52.5 Å². The van der Waals surface area contributed by atoms with E-state index in [9.17, 15) is 9.59 Å². The van der Waals surface area contributed by atoms with Crippen molar-refractivity contribution in [3.63, 3.8) is 0 Å². The van der Waals surface area contributed by atoms with Gasteiger partial charge < -0.3 is 10.1 Å². The summed E-state index contributed by atoms with van der Waals surface area (Å²) in [5.41, 5.74) is 2.40. The molecule has 0 bridgehead atoms. The Bertz CT molecular complexity index is 722. The van der Waals surface area contributed by atoms with Crippen LogP contribution in [0.25, 0.3) is 0 Å². The number of hydrogen-bond acceptors (Lipinski definition) is 4. The van der Waals surface area contributed by atoms with Crippen molar-refractivity contribution in [1.82, 2.24) is 0 Å². The average Bonchev–Trinajstić information content (AvgIpc) is 2.90. The van der Waals surface area contributed by atoms with Crippen LogP contribution in [-0.4, -0.2) is 19.0 Å². The highest BCUT2D eigenvalue weighted by Crippen LogP contribution is 2.35. The van der Waals surface area contributed by atoms with E-state index in [1.807, 2.05) is 51.1 Å². The summed E-state index contributed by atoms with van der Waals surface area (Å²) in [6.45, 7) is 5.93. The smallest absolute Gasteiger partial charge is 0.341 e. The average molecular weight is 345 g/mol. The van der Waals surface area contributed by atoms with Gasteiger partial charge in [0.25, 0.3) is 0 Å². The Morgan fingerprint density at radius 2 is 1.88 bits per heavy atom. The number of thiophene rings is 1. The van der Waals surface area contributed by atoms with Crippen molar-refractivity contribution in [2.24, 2.45) is 0 Å². The molecule has 1 amide bonds. The Kier molecular flexibility index (Phi) is 6.15. The number of methoxy groups -OCH3 is 1. The van der Waals surface area contributed by atoms with Crippen molar-refractivity contribution < 1.29 is 14.3 Å². The monoisotopic (exact) mass is 345 g/mol. The van der Waals surface area contributed by atoms with E-state index in [1.165, 1.54) is 18.4 Å². The Morgan fingerprint density at radius 3 is 2.42 bits per heavy atom. The normalized spacial score (nSPS) is 11.8. The lowest BCUT2D eigenvalue weighted by Gasteiger charge is -2.15. The fourth-order valence-electron chi connectivity index (χ4n) is 2.87. The molecule has 4 nitrogen and oxygen atoms in total. The second kappa shape index (κ2) is 8.11. The van der Waals surface area contributed by atoms with E-state index in [2.05, 4.69) is 5.32 Å². The number of rotatable bonds is 6. The highest BCUT2D eigenvalue weighted by molar-refractivity contribution is 7.16. The van der Waals surface area contributed by atoms with Crippen LogP contribution in [0.15, 0.2) is 30.3 Å². The van der Waals surface area contributed by atoms with E-state index < -0.39 is 5.97 Å². The molecular formula is C19H23NO3S. The molecule has 24 heavy (non-hydrogen) atoms. The first-order valence-corrected chi connectivity index (χ1v) is 8.91. The molecule has 1 aromatic carbocycles. The molecule has 0 aliphatic heterocycles. The Morgan fingerprint density at radius 1 is 1.21 bits per heavy atom. The van der Waals surface area contributed by atoms with Gasteiger partial charge in [0.15, 0.2) is 0 Å². The lowest BCUT2D eigenvalue weighted by Crippen LogP contribution is -2.21. The quantitative estimate of drug-likeness (QED) is 0.782. The molecular weight excluding hydrogens is 322 g/mol. The summed E-state index contributed by atoms with van der Waals surface area (Å²) >= 11 is 1.43. The van der Waals surface area contributed by atoms with E-state index in [0.717, 1.165) is 22.4 Å². The van der Waals surface area contributed by atoms with Crippen LogP contribution in [0, 0.1) is 6.92 Å². The van der Waals surface area contributed by atoms with E-state index >= 15 is 0 Å². The van der Waals surface area contributed by atoms with Gasteiger partial charge in [-0.1, -0.05) is 44.2 Å². The minimum absolute atomic E-state index is 0.0993. The molecule has 0 unspecified atom stereocenters. The fourth-order valence-corrected chi connectivity index (χ4v) is 4.00. The summed E-state index contributed by atoms with van der Waals surface area (Å²) in [7, 11) is 1.36. The van der Waals surface area contributed by atoms with Gasteiger partial charge in [-0.15, -0.1) is 11.3 Å². The molecule has 5 heteroatoms. The zero-order chi connectivity index (χ0) is 17.7. The van der Waals surface area contributed by atoms with Crippen LogP contribution in [0.5, 0.6) is 0 Å². The number of ether oxygens (including phenoxy) is 1. The number of aryl methyl sites for hydroxylation is 1. The van der Waals surface area contributed by atoms with Crippen LogP contribution in [-0.2, 0) is 16.0 Å². The van der Waals surface area contributed by atoms with Crippen LogP contribution in [0.3, 0.4) is 0 Å². The number of carbonyl (C=O) groups is 2. The predicted molar refractivity (Wildman–Crippen MR) is 97.9 cm³/mol. The van der Waals surface area contributed by atoms with Gasteiger partial charge in [-0.25, -0.2) is 4.79 Å². The Hall–Kier alpha value is -2.14. The Labute approximate surface area is 146 Å².